The number of halogens is 1. The second kappa shape index (κ2) is 6.21. The largest absolute Gasteiger partial charge is 0.481 e. The van der Waals surface area contributed by atoms with Gasteiger partial charge in [0.2, 0.25) is 5.88 Å². The van der Waals surface area contributed by atoms with Crippen molar-refractivity contribution in [2.24, 2.45) is 0 Å². The van der Waals surface area contributed by atoms with E-state index in [1.54, 1.807) is 25.1 Å². The summed E-state index contributed by atoms with van der Waals surface area (Å²) >= 11 is 0. The Bertz CT molecular complexity index is 624. The Kier molecular flexibility index (Phi) is 4.37. The van der Waals surface area contributed by atoms with Gasteiger partial charge < -0.3 is 15.2 Å². The van der Waals surface area contributed by atoms with Crippen LogP contribution in [0.2, 0.25) is 0 Å². The van der Waals surface area contributed by atoms with Crippen LogP contribution in [-0.2, 0) is 4.79 Å². The molecule has 0 amide bonds. The number of aliphatic carboxylic acids is 1. The quantitative estimate of drug-likeness (QED) is 0.886. The Balaban J connectivity index is 2.28. The minimum atomic E-state index is -1.08. The third kappa shape index (κ3) is 3.68. The molecule has 2 rings (SSSR count). The molecule has 0 bridgehead atoms. The predicted molar refractivity (Wildman–Crippen MR) is 75.9 cm³/mol. The maximum Gasteiger partial charge on any atom is 0.330 e. The first kappa shape index (κ1) is 14.8. The Morgan fingerprint density at radius 2 is 2.14 bits per heavy atom. The van der Waals surface area contributed by atoms with Crippen LogP contribution in [0, 0.1) is 12.7 Å². The van der Waals surface area contributed by atoms with Gasteiger partial charge >= 0.3 is 5.97 Å². The molecule has 1 unspecified atom stereocenters. The first-order valence-electron chi connectivity index (χ1n) is 6.26. The van der Waals surface area contributed by atoms with E-state index in [0.717, 1.165) is 0 Å². The Labute approximate surface area is 121 Å². The maximum absolute atomic E-state index is 13.4. The van der Waals surface area contributed by atoms with Crippen molar-refractivity contribution in [3.8, 4) is 5.88 Å². The molecule has 1 heterocycles. The molecule has 1 atom stereocenters. The number of pyridine rings is 1. The van der Waals surface area contributed by atoms with Crippen molar-refractivity contribution < 1.29 is 19.0 Å². The van der Waals surface area contributed by atoms with Gasteiger partial charge in [0.25, 0.3) is 0 Å². The number of ether oxygens (including phenoxy) is 1. The number of methoxy groups -OCH3 is 1. The summed E-state index contributed by atoms with van der Waals surface area (Å²) in [6.07, 6.45) is 1.41. The van der Waals surface area contributed by atoms with Crippen LogP contribution in [0.5, 0.6) is 5.88 Å². The molecule has 2 aromatic rings. The standard InChI is InChI=1S/C15H15FN2O3/c1-9-5-11(16)7-12(6-9)18-14(15(19)20)10-3-4-13(21-2)17-8-10/h3-8,14,18H,1-2H3,(H,19,20). The van der Waals surface area contributed by atoms with E-state index in [2.05, 4.69) is 10.3 Å². The van der Waals surface area contributed by atoms with Gasteiger partial charge in [0, 0.05) is 23.5 Å². The highest BCUT2D eigenvalue weighted by molar-refractivity contribution is 5.79. The minimum Gasteiger partial charge on any atom is -0.481 e. The smallest absolute Gasteiger partial charge is 0.330 e. The first-order chi connectivity index (χ1) is 9.99. The predicted octanol–water partition coefficient (Wildman–Crippen LogP) is 2.78. The van der Waals surface area contributed by atoms with Gasteiger partial charge in [-0.15, -0.1) is 0 Å². The Morgan fingerprint density at radius 1 is 1.38 bits per heavy atom. The minimum absolute atomic E-state index is 0.393. The molecule has 1 aromatic carbocycles. The molecule has 0 radical (unpaired) electrons. The molecule has 5 nitrogen and oxygen atoms in total. The summed E-state index contributed by atoms with van der Waals surface area (Å²) < 4.78 is 18.3. The molecule has 1 aromatic heterocycles. The van der Waals surface area contributed by atoms with Crippen LogP contribution in [-0.4, -0.2) is 23.2 Å². The first-order valence-corrected chi connectivity index (χ1v) is 6.26. The number of benzene rings is 1. The lowest BCUT2D eigenvalue weighted by Gasteiger charge is -2.16. The average molecular weight is 290 g/mol. The van der Waals surface area contributed by atoms with Crippen LogP contribution in [0.3, 0.4) is 0 Å². The number of rotatable bonds is 5. The van der Waals surface area contributed by atoms with Crippen LogP contribution in [0.25, 0.3) is 0 Å². The summed E-state index contributed by atoms with van der Waals surface area (Å²) in [7, 11) is 1.48. The van der Waals surface area contributed by atoms with Gasteiger partial charge in [0.1, 0.15) is 5.82 Å². The van der Waals surface area contributed by atoms with E-state index in [1.165, 1.54) is 25.4 Å². The SMILES string of the molecule is COc1ccc(C(Nc2cc(C)cc(F)c2)C(=O)O)cn1. The number of carboxylic acids is 1. The molecule has 110 valence electrons. The van der Waals surface area contributed by atoms with Crippen molar-refractivity contribution >= 4 is 11.7 Å². The van der Waals surface area contributed by atoms with Gasteiger partial charge in [-0.05, 0) is 36.8 Å². The zero-order valence-corrected chi connectivity index (χ0v) is 11.6. The van der Waals surface area contributed by atoms with Crippen molar-refractivity contribution in [3.05, 3.63) is 53.5 Å². The molecular weight excluding hydrogens is 275 g/mol. The van der Waals surface area contributed by atoms with Crippen LogP contribution in [0.4, 0.5) is 10.1 Å². The molecule has 0 aliphatic rings. The molecule has 2 N–H and O–H groups in total. The van der Waals surface area contributed by atoms with E-state index >= 15 is 0 Å². The number of aromatic nitrogens is 1. The molecule has 0 aliphatic heterocycles. The number of aryl methyl sites for hydroxylation is 1. The fraction of sp³-hybridized carbons (Fsp3) is 0.200. The van der Waals surface area contributed by atoms with Crippen LogP contribution >= 0.6 is 0 Å². The van der Waals surface area contributed by atoms with Gasteiger partial charge in [-0.25, -0.2) is 14.2 Å². The molecule has 0 aliphatic carbocycles. The van der Waals surface area contributed by atoms with Crippen molar-refractivity contribution in [3.63, 3.8) is 0 Å². The lowest BCUT2D eigenvalue weighted by molar-refractivity contribution is -0.138. The normalized spacial score (nSPS) is 11.8. The van der Waals surface area contributed by atoms with E-state index < -0.39 is 17.8 Å². The zero-order valence-electron chi connectivity index (χ0n) is 11.6. The molecule has 0 saturated carbocycles. The highest BCUT2D eigenvalue weighted by Crippen LogP contribution is 2.22. The summed E-state index contributed by atoms with van der Waals surface area (Å²) in [6, 6.07) is 6.45. The third-order valence-electron chi connectivity index (χ3n) is 2.90. The lowest BCUT2D eigenvalue weighted by Crippen LogP contribution is -2.20. The van der Waals surface area contributed by atoms with Crippen LogP contribution in [0.15, 0.2) is 36.5 Å². The van der Waals surface area contributed by atoms with E-state index in [1.807, 2.05) is 0 Å². The van der Waals surface area contributed by atoms with Gasteiger partial charge in [-0.3, -0.25) is 0 Å². The Hall–Kier alpha value is -2.63. The monoisotopic (exact) mass is 290 g/mol. The molecule has 21 heavy (non-hydrogen) atoms. The second-order valence-electron chi connectivity index (χ2n) is 4.57. The van der Waals surface area contributed by atoms with Crippen molar-refractivity contribution in [1.82, 2.24) is 4.98 Å². The van der Waals surface area contributed by atoms with Crippen LogP contribution in [0.1, 0.15) is 17.2 Å². The summed E-state index contributed by atoms with van der Waals surface area (Å²) in [4.78, 5) is 15.4. The number of carbonyl (C=O) groups is 1. The fourth-order valence-electron chi connectivity index (χ4n) is 1.96. The number of hydrogen-bond donors (Lipinski definition) is 2. The number of hydrogen-bond acceptors (Lipinski definition) is 4. The maximum atomic E-state index is 13.4. The number of nitrogens with one attached hydrogen (secondary N) is 1. The summed E-state index contributed by atoms with van der Waals surface area (Å²) in [5.41, 5.74) is 1.55. The van der Waals surface area contributed by atoms with E-state index in [-0.39, 0.29) is 0 Å². The summed E-state index contributed by atoms with van der Waals surface area (Å²) in [6.45, 7) is 1.74. The topological polar surface area (TPSA) is 71.5 Å². The molecule has 0 fully saturated rings. The van der Waals surface area contributed by atoms with Crippen LogP contribution < -0.4 is 10.1 Å². The fourth-order valence-corrected chi connectivity index (χ4v) is 1.96. The molecular formula is C15H15FN2O3. The summed E-state index contributed by atoms with van der Waals surface area (Å²) in [5, 5.41) is 12.1. The molecule has 0 saturated heterocycles. The van der Waals surface area contributed by atoms with Gasteiger partial charge in [-0.1, -0.05) is 0 Å². The molecule has 6 heteroatoms. The van der Waals surface area contributed by atoms with E-state index in [9.17, 15) is 14.3 Å². The average Bonchev–Trinajstić information content (AvgIpc) is 2.43. The number of carboxylic acid groups (broad SMARTS) is 1. The Morgan fingerprint density at radius 3 is 2.67 bits per heavy atom. The van der Waals surface area contributed by atoms with E-state index in [4.69, 9.17) is 4.74 Å². The number of nitrogens with zero attached hydrogens (tertiary/aromatic N) is 1. The number of anilines is 1. The zero-order chi connectivity index (χ0) is 15.4. The second-order valence-corrected chi connectivity index (χ2v) is 4.57. The van der Waals surface area contributed by atoms with E-state index in [0.29, 0.717) is 22.7 Å². The van der Waals surface area contributed by atoms with Gasteiger partial charge in [-0.2, -0.15) is 0 Å². The molecule has 0 spiro atoms. The summed E-state index contributed by atoms with van der Waals surface area (Å²) in [5.74, 6) is -1.11. The third-order valence-corrected chi connectivity index (χ3v) is 2.90. The highest BCUT2D eigenvalue weighted by atomic mass is 19.1. The van der Waals surface area contributed by atoms with Crippen molar-refractivity contribution in [2.75, 3.05) is 12.4 Å². The van der Waals surface area contributed by atoms with Crippen molar-refractivity contribution in [2.45, 2.75) is 13.0 Å². The van der Waals surface area contributed by atoms with Crippen molar-refractivity contribution in [1.29, 1.82) is 0 Å². The lowest BCUT2D eigenvalue weighted by atomic mass is 10.1. The highest BCUT2D eigenvalue weighted by Gasteiger charge is 2.20. The van der Waals surface area contributed by atoms with Gasteiger partial charge in [0.05, 0.1) is 7.11 Å². The van der Waals surface area contributed by atoms with Gasteiger partial charge in [0.15, 0.2) is 6.04 Å².